The van der Waals surface area contributed by atoms with Crippen molar-refractivity contribution in [1.29, 1.82) is 0 Å². The van der Waals surface area contributed by atoms with Gasteiger partial charge < -0.3 is 16.0 Å². The van der Waals surface area contributed by atoms with Gasteiger partial charge in [-0.1, -0.05) is 12.1 Å². The molecule has 1 fully saturated rings. The van der Waals surface area contributed by atoms with Gasteiger partial charge in [0.15, 0.2) is 0 Å². The molecule has 0 aromatic heterocycles. The van der Waals surface area contributed by atoms with Crippen molar-refractivity contribution in [3.63, 3.8) is 0 Å². The maximum atomic E-state index is 13.2. The van der Waals surface area contributed by atoms with Crippen molar-refractivity contribution in [2.75, 3.05) is 7.05 Å². The van der Waals surface area contributed by atoms with Crippen molar-refractivity contribution in [3.8, 4) is 0 Å². The van der Waals surface area contributed by atoms with Gasteiger partial charge in [-0.25, -0.2) is 13.6 Å². The quantitative estimate of drug-likeness (QED) is 0.702. The number of hydrogen-bond acceptors (Lipinski definition) is 2. The Hall–Kier alpha value is -2.39. The number of rotatable bonds is 5. The predicted octanol–water partition coefficient (Wildman–Crippen LogP) is 2.59. The molecular weight excluding hydrogens is 349 g/mol. The summed E-state index contributed by atoms with van der Waals surface area (Å²) in [4.78, 5) is 23.6. The summed E-state index contributed by atoms with van der Waals surface area (Å²) in [5, 5.41) is 6.70. The normalized spacial score (nSPS) is 16.9. The average molecular weight is 365 g/mol. The molecule has 1 saturated carbocycles. The van der Waals surface area contributed by atoms with Gasteiger partial charge in [-0.3, -0.25) is 4.79 Å². The van der Waals surface area contributed by atoms with Crippen LogP contribution in [-0.2, 0) is 11.0 Å². The molecule has 0 spiro atoms. The SMILES string of the molecule is CNC(=O)C1(NC(=O)NC(c2ccc(C(F)(F)F)cc2)C(F)F)CC1. The summed E-state index contributed by atoms with van der Waals surface area (Å²) in [7, 11) is 1.38. The third-order valence-electron chi connectivity index (χ3n) is 3.90. The van der Waals surface area contributed by atoms with Crippen LogP contribution >= 0.6 is 0 Å². The second-order valence-corrected chi connectivity index (χ2v) is 5.69. The van der Waals surface area contributed by atoms with E-state index in [9.17, 15) is 31.5 Å². The number of hydrogen-bond donors (Lipinski definition) is 3. The Labute approximate surface area is 140 Å². The Kier molecular flexibility index (Phi) is 5.19. The molecular formula is C15H16F5N3O2. The largest absolute Gasteiger partial charge is 0.416 e. The van der Waals surface area contributed by atoms with Crippen molar-refractivity contribution in [3.05, 3.63) is 35.4 Å². The fraction of sp³-hybridized carbons (Fsp3) is 0.467. The number of carbonyl (C=O) groups excluding carboxylic acids is 2. The average Bonchev–Trinajstić information content (AvgIpc) is 3.31. The van der Waals surface area contributed by atoms with E-state index in [0.29, 0.717) is 25.0 Å². The molecule has 2 rings (SSSR count). The van der Waals surface area contributed by atoms with Crippen LogP contribution in [0.2, 0.25) is 0 Å². The lowest BCUT2D eigenvalue weighted by Crippen LogP contribution is -2.52. The van der Waals surface area contributed by atoms with Crippen LogP contribution in [0.5, 0.6) is 0 Å². The maximum absolute atomic E-state index is 13.2. The number of likely N-dealkylation sites (N-methyl/N-ethyl adjacent to an activating group) is 1. The van der Waals surface area contributed by atoms with Crippen LogP contribution in [0.15, 0.2) is 24.3 Å². The van der Waals surface area contributed by atoms with E-state index in [-0.39, 0.29) is 5.56 Å². The molecule has 0 saturated heterocycles. The van der Waals surface area contributed by atoms with Gasteiger partial charge in [-0.2, -0.15) is 13.2 Å². The molecule has 1 aliphatic rings. The van der Waals surface area contributed by atoms with Crippen LogP contribution in [0, 0.1) is 0 Å². The molecule has 1 aromatic carbocycles. The first-order valence-corrected chi connectivity index (χ1v) is 7.35. The van der Waals surface area contributed by atoms with E-state index in [1.807, 2.05) is 5.32 Å². The molecule has 0 radical (unpaired) electrons. The van der Waals surface area contributed by atoms with Crippen LogP contribution in [0.4, 0.5) is 26.7 Å². The smallest absolute Gasteiger partial charge is 0.357 e. The predicted molar refractivity (Wildman–Crippen MR) is 77.9 cm³/mol. The van der Waals surface area contributed by atoms with E-state index in [4.69, 9.17) is 0 Å². The minimum absolute atomic E-state index is 0.178. The minimum Gasteiger partial charge on any atom is -0.357 e. The van der Waals surface area contributed by atoms with E-state index in [1.54, 1.807) is 0 Å². The van der Waals surface area contributed by atoms with E-state index in [1.165, 1.54) is 7.05 Å². The van der Waals surface area contributed by atoms with Crippen LogP contribution < -0.4 is 16.0 Å². The molecule has 138 valence electrons. The van der Waals surface area contributed by atoms with Crippen LogP contribution in [0.1, 0.15) is 30.0 Å². The van der Waals surface area contributed by atoms with Gasteiger partial charge in [-0.05, 0) is 30.5 Å². The Morgan fingerprint density at radius 2 is 1.68 bits per heavy atom. The molecule has 3 N–H and O–H groups in total. The summed E-state index contributed by atoms with van der Waals surface area (Å²) in [6.45, 7) is 0. The number of amides is 3. The molecule has 3 amide bonds. The summed E-state index contributed by atoms with van der Waals surface area (Å²) in [6, 6.07) is 0.292. The fourth-order valence-electron chi connectivity index (χ4n) is 2.34. The van der Waals surface area contributed by atoms with Crippen molar-refractivity contribution < 1.29 is 31.5 Å². The molecule has 0 heterocycles. The van der Waals surface area contributed by atoms with Gasteiger partial charge in [0.1, 0.15) is 11.6 Å². The van der Waals surface area contributed by atoms with Gasteiger partial charge in [-0.15, -0.1) is 0 Å². The Bertz CT molecular complexity index is 642. The highest BCUT2D eigenvalue weighted by Gasteiger charge is 2.51. The summed E-state index contributed by atoms with van der Waals surface area (Å²) in [5.74, 6) is -0.439. The highest BCUT2D eigenvalue weighted by Crippen LogP contribution is 2.35. The van der Waals surface area contributed by atoms with Gasteiger partial charge in [0, 0.05) is 7.05 Å². The second-order valence-electron chi connectivity index (χ2n) is 5.69. The molecule has 1 aliphatic carbocycles. The van der Waals surface area contributed by atoms with Crippen LogP contribution in [-0.4, -0.2) is 31.0 Å². The summed E-state index contributed by atoms with van der Waals surface area (Å²) < 4.78 is 64.0. The Morgan fingerprint density at radius 1 is 1.12 bits per heavy atom. The summed E-state index contributed by atoms with van der Waals surface area (Å²) in [5.41, 5.74) is -2.28. The Morgan fingerprint density at radius 3 is 2.08 bits per heavy atom. The van der Waals surface area contributed by atoms with Crippen molar-refractivity contribution in [2.24, 2.45) is 0 Å². The lowest BCUT2D eigenvalue weighted by atomic mass is 10.0. The summed E-state index contributed by atoms with van der Waals surface area (Å²) >= 11 is 0. The number of nitrogens with one attached hydrogen (secondary N) is 3. The van der Waals surface area contributed by atoms with E-state index in [2.05, 4.69) is 10.6 Å². The van der Waals surface area contributed by atoms with Crippen LogP contribution in [0.25, 0.3) is 0 Å². The molecule has 25 heavy (non-hydrogen) atoms. The third kappa shape index (κ3) is 4.37. The number of alkyl halides is 5. The first-order valence-electron chi connectivity index (χ1n) is 7.35. The second kappa shape index (κ2) is 6.85. The third-order valence-corrected chi connectivity index (χ3v) is 3.90. The zero-order valence-corrected chi connectivity index (χ0v) is 13.1. The molecule has 10 heteroatoms. The highest BCUT2D eigenvalue weighted by atomic mass is 19.4. The zero-order valence-electron chi connectivity index (χ0n) is 13.1. The zero-order chi connectivity index (χ0) is 18.8. The van der Waals surface area contributed by atoms with Crippen molar-refractivity contribution in [1.82, 2.24) is 16.0 Å². The lowest BCUT2D eigenvalue weighted by Gasteiger charge is -2.22. The van der Waals surface area contributed by atoms with Gasteiger partial charge >= 0.3 is 12.2 Å². The van der Waals surface area contributed by atoms with Gasteiger partial charge in [0.05, 0.1) is 5.56 Å². The van der Waals surface area contributed by atoms with E-state index in [0.717, 1.165) is 12.1 Å². The molecule has 1 aromatic rings. The minimum atomic E-state index is -4.59. The van der Waals surface area contributed by atoms with Crippen molar-refractivity contribution in [2.45, 2.75) is 37.0 Å². The number of carbonyl (C=O) groups is 2. The Balaban J connectivity index is 2.08. The molecule has 1 unspecified atom stereocenters. The van der Waals surface area contributed by atoms with E-state index >= 15 is 0 Å². The van der Waals surface area contributed by atoms with Crippen molar-refractivity contribution >= 4 is 11.9 Å². The lowest BCUT2D eigenvalue weighted by molar-refractivity contribution is -0.137. The molecule has 5 nitrogen and oxygen atoms in total. The monoisotopic (exact) mass is 365 g/mol. The number of halogens is 5. The number of benzene rings is 1. The summed E-state index contributed by atoms with van der Waals surface area (Å²) in [6.07, 6.45) is -6.88. The highest BCUT2D eigenvalue weighted by molar-refractivity contribution is 5.93. The standard InChI is InChI=1S/C15H16F5N3O2/c1-21-12(24)14(6-7-14)23-13(25)22-10(11(16)17)8-2-4-9(5-3-8)15(18,19)20/h2-5,10-11H,6-7H2,1H3,(H,21,24)(H2,22,23,25). The van der Waals surface area contributed by atoms with Gasteiger partial charge in [0.2, 0.25) is 5.91 Å². The first kappa shape index (κ1) is 18.9. The molecule has 0 aliphatic heterocycles. The van der Waals surface area contributed by atoms with E-state index < -0.39 is 41.7 Å². The maximum Gasteiger partial charge on any atom is 0.416 e. The number of urea groups is 1. The first-order chi connectivity index (χ1) is 11.6. The van der Waals surface area contributed by atoms with Gasteiger partial charge in [0.25, 0.3) is 6.43 Å². The fourth-order valence-corrected chi connectivity index (χ4v) is 2.34. The molecule has 0 bridgehead atoms. The van der Waals surface area contributed by atoms with Crippen LogP contribution in [0.3, 0.4) is 0 Å². The topological polar surface area (TPSA) is 70.2 Å². The molecule has 1 atom stereocenters.